The van der Waals surface area contributed by atoms with Crippen molar-refractivity contribution in [3.63, 3.8) is 0 Å². The van der Waals surface area contributed by atoms with Gasteiger partial charge in [0.05, 0.1) is 22.0 Å². The number of hydrogen-bond donors (Lipinski definition) is 2. The van der Waals surface area contributed by atoms with E-state index in [2.05, 4.69) is 31.2 Å². The van der Waals surface area contributed by atoms with Crippen LogP contribution in [0.1, 0.15) is 25.8 Å². The van der Waals surface area contributed by atoms with Crippen LogP contribution in [0.15, 0.2) is 35.7 Å². The van der Waals surface area contributed by atoms with Gasteiger partial charge in [-0.1, -0.05) is 17.7 Å². The molecule has 0 fully saturated rings. The topological polar surface area (TPSA) is 98.3 Å². The molecule has 0 unspecified atom stereocenters. The molecule has 3 aromatic rings. The Morgan fingerprint density at radius 2 is 2.00 bits per heavy atom. The number of aromatic nitrogens is 3. The van der Waals surface area contributed by atoms with Crippen molar-refractivity contribution in [1.82, 2.24) is 15.0 Å². The number of thioether (sulfide) groups is 1. The van der Waals surface area contributed by atoms with Gasteiger partial charge in [-0.3, -0.25) is 4.99 Å². The number of rotatable bonds is 6. The second-order valence-corrected chi connectivity index (χ2v) is 9.87. The van der Waals surface area contributed by atoms with Crippen molar-refractivity contribution in [3.8, 4) is 18.1 Å². The van der Waals surface area contributed by atoms with Crippen LogP contribution in [0, 0.1) is 24.0 Å². The summed E-state index contributed by atoms with van der Waals surface area (Å²) in [6.07, 6.45) is 4.85. The number of amidine groups is 1. The number of aliphatic imine (C=N–C) groups is 1. The fourth-order valence-corrected chi connectivity index (χ4v) is 5.12. The van der Waals surface area contributed by atoms with E-state index in [0.717, 1.165) is 17.8 Å². The molecule has 2 aromatic heterocycles. The average Bonchev–Trinajstić information content (AvgIpc) is 2.79. The van der Waals surface area contributed by atoms with Crippen LogP contribution in [0.3, 0.4) is 0 Å². The van der Waals surface area contributed by atoms with Gasteiger partial charge in [0.1, 0.15) is 24.2 Å². The first-order valence-electron chi connectivity index (χ1n) is 10.3. The Balaban J connectivity index is 1.74. The molecule has 0 saturated carbocycles. The highest BCUT2D eigenvalue weighted by Crippen LogP contribution is 2.49. The molecule has 0 amide bonds. The number of nitrogens with one attached hydrogen (secondary N) is 1. The first kappa shape index (κ1) is 24.5. The molecule has 35 heavy (non-hydrogen) atoms. The first-order chi connectivity index (χ1) is 16.5. The molecule has 0 saturated heterocycles. The van der Waals surface area contributed by atoms with E-state index in [0.29, 0.717) is 16.8 Å². The van der Waals surface area contributed by atoms with Gasteiger partial charge in [-0.15, -0.1) is 6.42 Å². The summed E-state index contributed by atoms with van der Waals surface area (Å²) in [5.74, 6) is 0.572. The van der Waals surface area contributed by atoms with E-state index < -0.39 is 28.3 Å². The van der Waals surface area contributed by atoms with Crippen molar-refractivity contribution in [3.05, 3.63) is 47.9 Å². The Morgan fingerprint density at radius 1 is 1.23 bits per heavy atom. The number of fused-ring (bicyclic) bond motifs is 1. The summed E-state index contributed by atoms with van der Waals surface area (Å²) in [5.41, 5.74) is 4.93. The Kier molecular flexibility index (Phi) is 6.46. The number of nitrogens with two attached hydrogens (primary N) is 1. The van der Waals surface area contributed by atoms with Gasteiger partial charge in [-0.05, 0) is 26.3 Å². The molecule has 12 heteroatoms. The summed E-state index contributed by atoms with van der Waals surface area (Å²) in [5, 5.41) is 2.77. The maximum Gasteiger partial charge on any atom is 0.253 e. The molecule has 0 aliphatic carbocycles. The third-order valence-electron chi connectivity index (χ3n) is 5.50. The lowest BCUT2D eigenvalue weighted by Crippen LogP contribution is -2.44. The minimum Gasteiger partial charge on any atom is -0.479 e. The Bertz CT molecular complexity index is 1360. The van der Waals surface area contributed by atoms with Gasteiger partial charge in [0.2, 0.25) is 0 Å². The van der Waals surface area contributed by atoms with Crippen LogP contribution in [0.5, 0.6) is 5.75 Å². The molecular weight excluding hydrogens is 484 g/mol. The van der Waals surface area contributed by atoms with Crippen LogP contribution in [0.2, 0.25) is 0 Å². The predicted octanol–water partition coefficient (Wildman–Crippen LogP) is 4.75. The SMILES string of the molecule is C#CCOc1cnc2c(Nc3cc(F)c(F)c([C@]4(C)C[C@](C)(C(F)F)SC(N)=N4)c3)ncnc2c1. The number of halogens is 4. The molecule has 3 heterocycles. The van der Waals surface area contributed by atoms with E-state index in [1.54, 1.807) is 6.07 Å². The van der Waals surface area contributed by atoms with E-state index in [1.807, 2.05) is 0 Å². The van der Waals surface area contributed by atoms with Crippen molar-refractivity contribution >= 4 is 39.5 Å². The van der Waals surface area contributed by atoms with Crippen molar-refractivity contribution in [1.29, 1.82) is 0 Å². The second kappa shape index (κ2) is 9.22. The standard InChI is InChI=1S/C23H20F4N6OS/c1-4-5-34-13-8-16-18(29-9-13)19(31-11-30-16)32-12-6-14(17(25)15(24)7-12)22(2)10-23(3,20(26)27)35-21(28)33-22/h1,6-9,11,20H,5,10H2,2-3H3,(H2,28,33)(H,30,31,32)/t22-,23+/m0/s1. The molecule has 1 aromatic carbocycles. The highest BCUT2D eigenvalue weighted by molar-refractivity contribution is 8.15. The summed E-state index contributed by atoms with van der Waals surface area (Å²) in [4.78, 5) is 16.8. The summed E-state index contributed by atoms with van der Waals surface area (Å²) >= 11 is 0.718. The van der Waals surface area contributed by atoms with Gasteiger partial charge in [0.25, 0.3) is 6.43 Å². The monoisotopic (exact) mass is 504 g/mol. The number of hydrogen-bond acceptors (Lipinski definition) is 8. The van der Waals surface area contributed by atoms with Gasteiger partial charge in [0.15, 0.2) is 22.6 Å². The van der Waals surface area contributed by atoms with Gasteiger partial charge in [-0.2, -0.15) is 0 Å². The lowest BCUT2D eigenvalue weighted by molar-refractivity contribution is 0.0892. The second-order valence-electron chi connectivity index (χ2n) is 8.31. The molecule has 182 valence electrons. The van der Waals surface area contributed by atoms with Crippen LogP contribution in [0.4, 0.5) is 29.1 Å². The Labute approximate surface area is 202 Å². The third kappa shape index (κ3) is 4.81. The minimum atomic E-state index is -2.76. The van der Waals surface area contributed by atoms with E-state index in [1.165, 1.54) is 32.4 Å². The van der Waals surface area contributed by atoms with Gasteiger partial charge in [-0.25, -0.2) is 32.5 Å². The molecule has 0 bridgehead atoms. The van der Waals surface area contributed by atoms with Gasteiger partial charge >= 0.3 is 0 Å². The maximum atomic E-state index is 15.0. The van der Waals surface area contributed by atoms with Crippen LogP contribution < -0.4 is 15.8 Å². The summed E-state index contributed by atoms with van der Waals surface area (Å²) < 4.78 is 60.9. The predicted molar refractivity (Wildman–Crippen MR) is 127 cm³/mol. The first-order valence-corrected chi connectivity index (χ1v) is 11.1. The normalized spacial score (nSPS) is 22.1. The van der Waals surface area contributed by atoms with E-state index in [-0.39, 0.29) is 35.3 Å². The zero-order chi connectivity index (χ0) is 25.4. The molecule has 0 spiro atoms. The lowest BCUT2D eigenvalue weighted by Gasteiger charge is -2.40. The number of terminal acetylenes is 1. The smallest absolute Gasteiger partial charge is 0.253 e. The largest absolute Gasteiger partial charge is 0.479 e. The number of ether oxygens (including phenoxy) is 1. The number of anilines is 2. The van der Waals surface area contributed by atoms with Gasteiger partial charge in [0, 0.05) is 23.4 Å². The molecule has 0 radical (unpaired) electrons. The molecule has 1 aliphatic heterocycles. The Morgan fingerprint density at radius 3 is 2.71 bits per heavy atom. The van der Waals surface area contributed by atoms with Crippen LogP contribution in [0.25, 0.3) is 11.0 Å². The van der Waals surface area contributed by atoms with E-state index in [4.69, 9.17) is 16.9 Å². The minimum absolute atomic E-state index is 0.0515. The lowest BCUT2D eigenvalue weighted by atomic mass is 9.82. The number of benzene rings is 1. The maximum absolute atomic E-state index is 15.0. The molecule has 2 atom stereocenters. The quantitative estimate of drug-likeness (QED) is 0.369. The van der Waals surface area contributed by atoms with Crippen LogP contribution in [-0.4, -0.2) is 37.9 Å². The fourth-order valence-electron chi connectivity index (χ4n) is 3.95. The van der Waals surface area contributed by atoms with Gasteiger partial charge < -0.3 is 15.8 Å². The molecular formula is C23H20F4N6OS. The van der Waals surface area contributed by atoms with Crippen LogP contribution >= 0.6 is 11.8 Å². The summed E-state index contributed by atoms with van der Waals surface area (Å²) in [7, 11) is 0. The summed E-state index contributed by atoms with van der Waals surface area (Å²) in [6, 6.07) is 3.83. The Hall–Kier alpha value is -3.59. The summed E-state index contributed by atoms with van der Waals surface area (Å²) in [6.45, 7) is 2.82. The molecule has 7 nitrogen and oxygen atoms in total. The van der Waals surface area contributed by atoms with Crippen molar-refractivity contribution < 1.29 is 22.3 Å². The zero-order valence-electron chi connectivity index (χ0n) is 18.7. The number of alkyl halides is 2. The van der Waals surface area contributed by atoms with E-state index >= 15 is 0 Å². The van der Waals surface area contributed by atoms with Crippen molar-refractivity contribution in [2.24, 2.45) is 10.7 Å². The molecule has 1 aliphatic rings. The van der Waals surface area contributed by atoms with Crippen molar-refractivity contribution in [2.75, 3.05) is 11.9 Å². The number of nitrogens with zero attached hydrogens (tertiary/aromatic N) is 4. The average molecular weight is 505 g/mol. The molecule has 3 N–H and O–H groups in total. The third-order valence-corrected chi connectivity index (χ3v) is 6.58. The highest BCUT2D eigenvalue weighted by Gasteiger charge is 2.48. The van der Waals surface area contributed by atoms with Crippen LogP contribution in [-0.2, 0) is 5.54 Å². The highest BCUT2D eigenvalue weighted by atomic mass is 32.2. The fraction of sp³-hybridized carbons (Fsp3) is 0.304. The zero-order valence-corrected chi connectivity index (χ0v) is 19.5. The number of pyridine rings is 1. The molecule has 4 rings (SSSR count). The van der Waals surface area contributed by atoms with Crippen molar-refractivity contribution in [2.45, 2.75) is 37.0 Å². The van der Waals surface area contributed by atoms with E-state index in [9.17, 15) is 17.6 Å².